The summed E-state index contributed by atoms with van der Waals surface area (Å²) in [5, 5.41) is 11.3. The van der Waals surface area contributed by atoms with Crippen LogP contribution < -0.4 is 9.64 Å². The number of fused-ring (bicyclic) bond motifs is 1. The molecular weight excluding hydrogens is 378 g/mol. The number of carbonyl (C=O) groups is 2. The van der Waals surface area contributed by atoms with Gasteiger partial charge in [0.2, 0.25) is 0 Å². The molecule has 29 heavy (non-hydrogen) atoms. The molecule has 8 nitrogen and oxygen atoms in total. The Morgan fingerprint density at radius 3 is 2.48 bits per heavy atom. The Balaban J connectivity index is 2.06. The van der Waals surface area contributed by atoms with Gasteiger partial charge in [-0.25, -0.2) is 9.59 Å². The van der Waals surface area contributed by atoms with E-state index in [2.05, 4.69) is 0 Å². The number of benzene rings is 1. The van der Waals surface area contributed by atoms with Crippen LogP contribution in [-0.4, -0.2) is 56.4 Å². The van der Waals surface area contributed by atoms with Crippen molar-refractivity contribution in [1.29, 1.82) is 0 Å². The van der Waals surface area contributed by atoms with Crippen LogP contribution in [0.2, 0.25) is 0 Å². The van der Waals surface area contributed by atoms with E-state index in [-0.39, 0.29) is 19.6 Å². The van der Waals surface area contributed by atoms with Gasteiger partial charge in [-0.1, -0.05) is 12.1 Å². The highest BCUT2D eigenvalue weighted by Crippen LogP contribution is 2.46. The van der Waals surface area contributed by atoms with Crippen molar-refractivity contribution in [2.75, 3.05) is 32.9 Å². The topological polar surface area (TPSA) is 94.5 Å². The molecule has 0 saturated heterocycles. The number of hydrogen-bond donors (Lipinski definition) is 1. The van der Waals surface area contributed by atoms with Gasteiger partial charge in [-0.3, -0.25) is 0 Å². The lowest BCUT2D eigenvalue weighted by Gasteiger charge is -2.48. The van der Waals surface area contributed by atoms with E-state index in [1.165, 1.54) is 7.11 Å². The molecule has 1 fully saturated rings. The van der Waals surface area contributed by atoms with Crippen molar-refractivity contribution in [2.45, 2.75) is 43.5 Å². The number of esters is 2. The van der Waals surface area contributed by atoms with Gasteiger partial charge in [0.05, 0.1) is 5.69 Å². The van der Waals surface area contributed by atoms with Crippen LogP contribution in [0.1, 0.15) is 31.2 Å². The minimum Gasteiger partial charge on any atom is -0.465 e. The first-order valence-electron chi connectivity index (χ1n) is 9.58. The molecule has 1 aliphatic carbocycles. The summed E-state index contributed by atoms with van der Waals surface area (Å²) in [6, 6.07) is 5.51. The first-order valence-corrected chi connectivity index (χ1v) is 9.58. The number of methoxy groups -OCH3 is 1. The lowest BCUT2D eigenvalue weighted by molar-refractivity contribution is -0.302. The standard InChI is InChI=1S/C21H27NO7/c1-22(2)19-15(7-6-8-16(19)27-14-26-3)13-20-11-4-5-12-21(20,25)29-18(24)10-9-17(23)28-20/h6-10,25H,4-5,11-14H2,1-3H3/b10-9-. The third-order valence-corrected chi connectivity index (χ3v) is 5.32. The average Bonchev–Trinajstić information content (AvgIpc) is 2.66. The number of rotatable bonds is 6. The second-order valence-electron chi connectivity index (χ2n) is 7.55. The fraction of sp³-hybridized carbons (Fsp3) is 0.524. The number of carbonyl (C=O) groups excluding carboxylic acids is 2. The van der Waals surface area contributed by atoms with Gasteiger partial charge in [-0.15, -0.1) is 0 Å². The Morgan fingerprint density at radius 1 is 1.10 bits per heavy atom. The average molecular weight is 405 g/mol. The van der Waals surface area contributed by atoms with Gasteiger partial charge < -0.3 is 29.0 Å². The van der Waals surface area contributed by atoms with E-state index in [0.29, 0.717) is 18.6 Å². The molecule has 1 saturated carbocycles. The van der Waals surface area contributed by atoms with Crippen LogP contribution >= 0.6 is 0 Å². The molecule has 3 rings (SSSR count). The molecule has 0 spiro atoms. The summed E-state index contributed by atoms with van der Waals surface area (Å²) in [4.78, 5) is 26.3. The third-order valence-electron chi connectivity index (χ3n) is 5.32. The van der Waals surface area contributed by atoms with E-state index in [0.717, 1.165) is 29.8 Å². The normalized spacial score (nSPS) is 27.7. The van der Waals surface area contributed by atoms with Gasteiger partial charge in [-0.05, 0) is 30.9 Å². The van der Waals surface area contributed by atoms with Crippen LogP contribution in [0, 0.1) is 0 Å². The maximum absolute atomic E-state index is 12.3. The first kappa shape index (κ1) is 21.1. The molecule has 8 heteroatoms. The Morgan fingerprint density at radius 2 is 1.79 bits per heavy atom. The van der Waals surface area contributed by atoms with Crippen molar-refractivity contribution < 1.29 is 33.6 Å². The molecule has 1 heterocycles. The van der Waals surface area contributed by atoms with Crippen LogP contribution in [0.3, 0.4) is 0 Å². The summed E-state index contributed by atoms with van der Waals surface area (Å²) in [5.41, 5.74) is 0.164. The third kappa shape index (κ3) is 4.23. The van der Waals surface area contributed by atoms with Gasteiger partial charge >= 0.3 is 11.9 Å². The highest BCUT2D eigenvalue weighted by Gasteiger charge is 2.58. The molecule has 0 amide bonds. The molecule has 1 aromatic rings. The number of anilines is 1. The van der Waals surface area contributed by atoms with Crippen LogP contribution in [0.15, 0.2) is 30.4 Å². The summed E-state index contributed by atoms with van der Waals surface area (Å²) >= 11 is 0. The molecule has 1 aliphatic heterocycles. The van der Waals surface area contributed by atoms with Gasteiger partial charge in [0.25, 0.3) is 5.79 Å². The minimum atomic E-state index is -1.91. The smallest absolute Gasteiger partial charge is 0.333 e. The molecular formula is C21H27NO7. The molecule has 0 radical (unpaired) electrons. The second-order valence-corrected chi connectivity index (χ2v) is 7.55. The number of para-hydroxylation sites is 1. The van der Waals surface area contributed by atoms with Gasteiger partial charge in [0.15, 0.2) is 12.4 Å². The van der Waals surface area contributed by atoms with E-state index in [1.54, 1.807) is 0 Å². The first-order chi connectivity index (χ1) is 13.8. The number of aliphatic hydroxyl groups is 1. The minimum absolute atomic E-state index is 0.0801. The van der Waals surface area contributed by atoms with Crippen molar-refractivity contribution in [2.24, 2.45) is 0 Å². The molecule has 2 atom stereocenters. The Bertz CT molecular complexity index is 806. The van der Waals surface area contributed by atoms with E-state index in [4.69, 9.17) is 18.9 Å². The van der Waals surface area contributed by atoms with Crippen LogP contribution in [-0.2, 0) is 30.2 Å². The molecule has 158 valence electrons. The highest BCUT2D eigenvalue weighted by atomic mass is 16.7. The van der Waals surface area contributed by atoms with Gasteiger partial charge in [0.1, 0.15) is 5.75 Å². The van der Waals surface area contributed by atoms with Crippen molar-refractivity contribution in [1.82, 2.24) is 0 Å². The molecule has 1 aromatic carbocycles. The second kappa shape index (κ2) is 8.42. The van der Waals surface area contributed by atoms with Gasteiger partial charge in [0, 0.05) is 46.2 Å². The Hall–Kier alpha value is -2.58. The van der Waals surface area contributed by atoms with Crippen molar-refractivity contribution >= 4 is 17.6 Å². The quantitative estimate of drug-likeness (QED) is 0.567. The predicted molar refractivity (Wildman–Crippen MR) is 104 cm³/mol. The zero-order valence-electron chi connectivity index (χ0n) is 17.0. The van der Waals surface area contributed by atoms with Gasteiger partial charge in [-0.2, -0.15) is 0 Å². The fourth-order valence-corrected chi connectivity index (χ4v) is 4.06. The molecule has 2 aliphatic rings. The lowest BCUT2D eigenvalue weighted by atomic mass is 9.74. The monoisotopic (exact) mass is 405 g/mol. The zero-order valence-corrected chi connectivity index (χ0v) is 17.0. The summed E-state index contributed by atoms with van der Waals surface area (Å²) in [7, 11) is 5.28. The fourth-order valence-electron chi connectivity index (χ4n) is 4.06. The highest BCUT2D eigenvalue weighted by molar-refractivity contribution is 5.92. The number of nitrogens with zero attached hydrogens (tertiary/aromatic N) is 1. The Kier molecular flexibility index (Phi) is 6.14. The number of ether oxygens (including phenoxy) is 4. The number of hydrogen-bond acceptors (Lipinski definition) is 8. The molecule has 0 aromatic heterocycles. The zero-order chi connectivity index (χ0) is 21.1. The summed E-state index contributed by atoms with van der Waals surface area (Å²) in [5.74, 6) is -2.75. The lowest BCUT2D eigenvalue weighted by Crippen LogP contribution is -2.62. The van der Waals surface area contributed by atoms with Crippen molar-refractivity contribution in [3.05, 3.63) is 35.9 Å². The van der Waals surface area contributed by atoms with E-state index in [9.17, 15) is 14.7 Å². The molecule has 0 bridgehead atoms. The van der Waals surface area contributed by atoms with Crippen LogP contribution in [0.4, 0.5) is 5.69 Å². The largest absolute Gasteiger partial charge is 0.465 e. The van der Waals surface area contributed by atoms with Crippen molar-refractivity contribution in [3.8, 4) is 5.75 Å². The SMILES string of the molecule is COCOc1cccc(CC23CCCCC2(O)OC(=O)/C=C\C(=O)O3)c1N(C)C. The summed E-state index contributed by atoms with van der Waals surface area (Å²) in [6.45, 7) is 0.0801. The maximum Gasteiger partial charge on any atom is 0.333 e. The van der Waals surface area contributed by atoms with Crippen LogP contribution in [0.25, 0.3) is 0 Å². The maximum atomic E-state index is 12.3. The van der Waals surface area contributed by atoms with E-state index < -0.39 is 23.3 Å². The summed E-state index contributed by atoms with van der Waals surface area (Å²) < 4.78 is 21.8. The summed E-state index contributed by atoms with van der Waals surface area (Å²) in [6.07, 6.45) is 4.11. The molecule has 2 unspecified atom stereocenters. The van der Waals surface area contributed by atoms with E-state index >= 15 is 0 Å². The van der Waals surface area contributed by atoms with Crippen molar-refractivity contribution in [3.63, 3.8) is 0 Å². The van der Waals surface area contributed by atoms with Crippen LogP contribution in [0.5, 0.6) is 5.75 Å². The Labute approximate surface area is 170 Å². The predicted octanol–water partition coefficient (Wildman–Crippen LogP) is 1.94. The molecule has 1 N–H and O–H groups in total. The van der Waals surface area contributed by atoms with E-state index in [1.807, 2.05) is 37.2 Å².